The maximum Gasteiger partial charge on any atom is 0.292 e. The molecule has 0 bridgehead atoms. The predicted molar refractivity (Wildman–Crippen MR) is 104 cm³/mol. The van der Waals surface area contributed by atoms with Crippen LogP contribution in [-0.4, -0.2) is 27.5 Å². The lowest BCUT2D eigenvalue weighted by atomic mass is 9.86. The number of oxime groups is 1. The topological polar surface area (TPSA) is 56.5 Å². The highest BCUT2D eigenvalue weighted by Gasteiger charge is 2.42. The molecule has 0 aliphatic carbocycles. The van der Waals surface area contributed by atoms with E-state index >= 15 is 0 Å². The first-order valence-corrected chi connectivity index (χ1v) is 9.04. The molecule has 1 aliphatic heterocycles. The summed E-state index contributed by atoms with van der Waals surface area (Å²) in [5, 5.41) is 9.22. The monoisotopic (exact) mass is 379 g/mol. The summed E-state index contributed by atoms with van der Waals surface area (Å²) in [5.41, 5.74) is 4.11. The highest BCUT2D eigenvalue weighted by atomic mass is 35.5. The van der Waals surface area contributed by atoms with Gasteiger partial charge in [-0.25, -0.2) is 4.68 Å². The Balaban J connectivity index is 1.76. The third-order valence-electron chi connectivity index (χ3n) is 4.62. The zero-order valence-corrected chi connectivity index (χ0v) is 15.7. The second-order valence-electron chi connectivity index (χ2n) is 6.57. The smallest absolute Gasteiger partial charge is 0.292 e. The van der Waals surface area contributed by atoms with E-state index in [9.17, 15) is 4.79 Å². The van der Waals surface area contributed by atoms with Gasteiger partial charge in [0, 0.05) is 16.3 Å². The molecule has 0 spiro atoms. The lowest BCUT2D eigenvalue weighted by Crippen LogP contribution is -2.35. The molecule has 5 nitrogen and oxygen atoms in total. The molecule has 0 N–H and O–H groups in total. The fraction of sp³-hybridized carbons (Fsp3) is 0.190. The summed E-state index contributed by atoms with van der Waals surface area (Å²) in [7, 11) is 0. The number of aromatic nitrogens is 2. The number of hydrogen-bond donors (Lipinski definition) is 0. The van der Waals surface area contributed by atoms with E-state index in [0.717, 1.165) is 28.2 Å². The van der Waals surface area contributed by atoms with Gasteiger partial charge in [0.05, 0.1) is 17.3 Å². The van der Waals surface area contributed by atoms with E-state index < -0.39 is 6.10 Å². The Kier molecular flexibility index (Phi) is 4.54. The SMILES string of the molecule is Cc1cc(C)n(C(=O)[C@@H]2ON=C(c3ccccc3)[C@H]2c2ccc(Cl)cc2)n1. The third-order valence-corrected chi connectivity index (χ3v) is 4.87. The molecule has 0 radical (unpaired) electrons. The van der Waals surface area contributed by atoms with Crippen LogP contribution in [0.5, 0.6) is 0 Å². The molecular weight excluding hydrogens is 362 g/mol. The van der Waals surface area contributed by atoms with Crippen molar-refractivity contribution in [3.8, 4) is 0 Å². The van der Waals surface area contributed by atoms with Crippen molar-refractivity contribution in [2.24, 2.45) is 5.16 Å². The fourth-order valence-corrected chi connectivity index (χ4v) is 3.50. The first-order chi connectivity index (χ1) is 13.0. The van der Waals surface area contributed by atoms with Crippen molar-refractivity contribution in [2.45, 2.75) is 25.9 Å². The Bertz CT molecular complexity index is 1010. The van der Waals surface area contributed by atoms with Crippen molar-refractivity contribution in [3.05, 3.63) is 88.2 Å². The van der Waals surface area contributed by atoms with Gasteiger partial charge in [-0.2, -0.15) is 5.10 Å². The maximum atomic E-state index is 13.2. The summed E-state index contributed by atoms with van der Waals surface area (Å²) in [5.74, 6) is -0.587. The summed E-state index contributed by atoms with van der Waals surface area (Å²) in [4.78, 5) is 18.8. The van der Waals surface area contributed by atoms with Crippen LogP contribution in [0, 0.1) is 13.8 Å². The molecule has 2 atom stereocenters. The number of hydrogen-bond acceptors (Lipinski definition) is 4. The lowest BCUT2D eigenvalue weighted by molar-refractivity contribution is 0.0414. The molecule has 0 fully saturated rings. The average molecular weight is 380 g/mol. The van der Waals surface area contributed by atoms with Gasteiger partial charge >= 0.3 is 0 Å². The van der Waals surface area contributed by atoms with E-state index in [1.54, 1.807) is 0 Å². The molecule has 6 heteroatoms. The summed E-state index contributed by atoms with van der Waals surface area (Å²) >= 11 is 6.05. The first-order valence-electron chi connectivity index (χ1n) is 8.66. The largest absolute Gasteiger partial charge is 0.381 e. The normalized spacial score (nSPS) is 18.9. The molecule has 1 aromatic heterocycles. The Hall–Kier alpha value is -2.92. The molecule has 2 aromatic carbocycles. The number of nitrogens with zero attached hydrogens (tertiary/aromatic N) is 3. The summed E-state index contributed by atoms with van der Waals surface area (Å²) < 4.78 is 1.40. The van der Waals surface area contributed by atoms with Crippen LogP contribution in [0.2, 0.25) is 5.02 Å². The van der Waals surface area contributed by atoms with Crippen molar-refractivity contribution in [2.75, 3.05) is 0 Å². The summed E-state index contributed by atoms with van der Waals surface area (Å²) in [6.45, 7) is 3.71. The molecule has 0 saturated heterocycles. The van der Waals surface area contributed by atoms with Crippen molar-refractivity contribution in [3.63, 3.8) is 0 Å². The van der Waals surface area contributed by atoms with Crippen molar-refractivity contribution < 1.29 is 9.63 Å². The van der Waals surface area contributed by atoms with E-state index in [2.05, 4.69) is 10.3 Å². The van der Waals surface area contributed by atoms with Gasteiger partial charge in [0.25, 0.3) is 5.91 Å². The van der Waals surface area contributed by atoms with Gasteiger partial charge in [-0.3, -0.25) is 4.79 Å². The summed E-state index contributed by atoms with van der Waals surface area (Å²) in [6, 6.07) is 19.0. The van der Waals surface area contributed by atoms with E-state index in [1.165, 1.54) is 4.68 Å². The van der Waals surface area contributed by atoms with E-state index in [4.69, 9.17) is 16.4 Å². The van der Waals surface area contributed by atoms with Crippen LogP contribution in [0.3, 0.4) is 0 Å². The van der Waals surface area contributed by atoms with Crippen LogP contribution in [0.25, 0.3) is 0 Å². The highest BCUT2D eigenvalue weighted by Crippen LogP contribution is 2.34. The number of rotatable bonds is 3. The van der Waals surface area contributed by atoms with Crippen LogP contribution in [0.1, 0.15) is 33.2 Å². The number of halogens is 1. The van der Waals surface area contributed by atoms with Gasteiger partial charge in [-0.15, -0.1) is 0 Å². The number of carbonyl (C=O) groups excluding carboxylic acids is 1. The number of benzene rings is 2. The van der Waals surface area contributed by atoms with E-state index in [0.29, 0.717) is 5.02 Å². The second-order valence-corrected chi connectivity index (χ2v) is 7.01. The van der Waals surface area contributed by atoms with Crippen molar-refractivity contribution >= 4 is 23.2 Å². The standard InChI is InChI=1S/C21H18ClN3O2/c1-13-12-14(2)25(23-13)21(26)20-18(15-8-10-17(22)11-9-15)19(24-27-20)16-6-4-3-5-7-16/h3-12,18,20H,1-2H3/t18-,20-/m1/s1. The predicted octanol–water partition coefficient (Wildman–Crippen LogP) is 4.38. The number of carbonyl (C=O) groups is 1. The molecule has 136 valence electrons. The van der Waals surface area contributed by atoms with E-state index in [-0.39, 0.29) is 11.8 Å². The minimum atomic E-state index is -0.792. The molecule has 0 amide bonds. The highest BCUT2D eigenvalue weighted by molar-refractivity contribution is 6.30. The summed E-state index contributed by atoms with van der Waals surface area (Å²) in [6.07, 6.45) is -0.792. The van der Waals surface area contributed by atoms with Gasteiger partial charge < -0.3 is 4.84 Å². The zero-order chi connectivity index (χ0) is 19.0. The van der Waals surface area contributed by atoms with Gasteiger partial charge in [0.1, 0.15) is 0 Å². The molecule has 0 saturated carbocycles. The van der Waals surface area contributed by atoms with E-state index in [1.807, 2.05) is 74.5 Å². The minimum Gasteiger partial charge on any atom is -0.381 e. The van der Waals surface area contributed by atoms with Crippen LogP contribution >= 0.6 is 11.6 Å². The molecule has 27 heavy (non-hydrogen) atoms. The van der Waals surface area contributed by atoms with Gasteiger partial charge in [0.15, 0.2) is 0 Å². The Labute approximate surface area is 162 Å². The molecular formula is C21H18ClN3O2. The molecule has 1 aliphatic rings. The molecule has 2 heterocycles. The van der Waals surface area contributed by atoms with Crippen LogP contribution in [0.4, 0.5) is 0 Å². The van der Waals surface area contributed by atoms with Crippen molar-refractivity contribution in [1.82, 2.24) is 9.78 Å². The first kappa shape index (κ1) is 17.5. The Morgan fingerprint density at radius 3 is 2.41 bits per heavy atom. The fourth-order valence-electron chi connectivity index (χ4n) is 3.38. The second kappa shape index (κ2) is 7.00. The van der Waals surface area contributed by atoms with Crippen LogP contribution in [0.15, 0.2) is 65.8 Å². The van der Waals surface area contributed by atoms with Gasteiger partial charge in [-0.1, -0.05) is 59.2 Å². The molecule has 4 rings (SSSR count). The third kappa shape index (κ3) is 3.26. The van der Waals surface area contributed by atoms with Crippen molar-refractivity contribution in [1.29, 1.82) is 0 Å². The number of aryl methyl sites for hydroxylation is 2. The van der Waals surface area contributed by atoms with Crippen LogP contribution in [-0.2, 0) is 4.84 Å². The Morgan fingerprint density at radius 2 is 1.78 bits per heavy atom. The van der Waals surface area contributed by atoms with Gasteiger partial charge in [0.2, 0.25) is 6.10 Å². The van der Waals surface area contributed by atoms with Crippen LogP contribution < -0.4 is 0 Å². The lowest BCUT2D eigenvalue weighted by Gasteiger charge is -2.19. The average Bonchev–Trinajstić information content (AvgIpc) is 3.26. The molecule has 0 unspecified atom stereocenters. The quantitative estimate of drug-likeness (QED) is 0.678. The minimum absolute atomic E-state index is 0.241. The zero-order valence-electron chi connectivity index (χ0n) is 15.0. The Morgan fingerprint density at radius 1 is 1.07 bits per heavy atom. The maximum absolute atomic E-state index is 13.2. The van der Waals surface area contributed by atoms with Gasteiger partial charge in [-0.05, 0) is 37.6 Å². The molecule has 3 aromatic rings.